The summed E-state index contributed by atoms with van der Waals surface area (Å²) in [5.74, 6) is 0.547. The number of hydrogen-bond acceptors (Lipinski definition) is 2. The summed E-state index contributed by atoms with van der Waals surface area (Å²) in [5.41, 5.74) is 9.15. The summed E-state index contributed by atoms with van der Waals surface area (Å²) in [6.45, 7) is 4.17. The quantitative estimate of drug-likeness (QED) is 0.742. The van der Waals surface area contributed by atoms with Gasteiger partial charge >= 0.3 is 0 Å². The van der Waals surface area contributed by atoms with Crippen molar-refractivity contribution >= 4 is 5.82 Å². The molecule has 0 spiro atoms. The van der Waals surface area contributed by atoms with E-state index in [4.69, 9.17) is 5.73 Å². The van der Waals surface area contributed by atoms with Gasteiger partial charge in [0.1, 0.15) is 5.82 Å². The number of rotatable bonds is 1. The molecule has 1 aromatic heterocycles. The predicted octanol–water partition coefficient (Wildman–Crippen LogP) is 2.07. The Morgan fingerprint density at radius 2 is 2.00 bits per heavy atom. The molecule has 72 valence electrons. The Kier molecular flexibility index (Phi) is 2.00. The highest BCUT2D eigenvalue weighted by Crippen LogP contribution is 2.16. The minimum atomic E-state index is 0.547. The van der Waals surface area contributed by atoms with Crippen LogP contribution >= 0.6 is 0 Å². The lowest BCUT2D eigenvalue weighted by atomic mass is 10.1. The third kappa shape index (κ3) is 1.37. The van der Waals surface area contributed by atoms with E-state index in [0.717, 1.165) is 5.69 Å². The molecule has 0 fully saturated rings. The Morgan fingerprint density at radius 3 is 2.64 bits per heavy atom. The number of nitrogens with two attached hydrogens (primary N) is 1. The predicted molar refractivity (Wildman–Crippen MR) is 57.5 cm³/mol. The van der Waals surface area contributed by atoms with Gasteiger partial charge in [-0.25, -0.2) is 4.68 Å². The first kappa shape index (κ1) is 8.81. The van der Waals surface area contributed by atoms with Crippen molar-refractivity contribution in [3.8, 4) is 5.69 Å². The number of aromatic nitrogens is 2. The second-order valence-corrected chi connectivity index (χ2v) is 3.40. The highest BCUT2D eigenvalue weighted by Gasteiger charge is 2.03. The van der Waals surface area contributed by atoms with Gasteiger partial charge in [-0.3, -0.25) is 0 Å². The fourth-order valence-corrected chi connectivity index (χ4v) is 1.46. The largest absolute Gasteiger partial charge is 0.382 e. The normalized spacial score (nSPS) is 10.4. The average molecular weight is 187 g/mol. The lowest BCUT2D eigenvalue weighted by molar-refractivity contribution is 0.875. The first-order valence-electron chi connectivity index (χ1n) is 4.56. The van der Waals surface area contributed by atoms with E-state index in [1.165, 1.54) is 11.1 Å². The molecule has 0 amide bonds. The van der Waals surface area contributed by atoms with E-state index in [1.54, 1.807) is 10.7 Å². The zero-order valence-electron chi connectivity index (χ0n) is 8.36. The molecule has 2 N–H and O–H groups in total. The van der Waals surface area contributed by atoms with Crippen LogP contribution < -0.4 is 5.73 Å². The molecule has 2 rings (SSSR count). The summed E-state index contributed by atoms with van der Waals surface area (Å²) in [4.78, 5) is 0. The van der Waals surface area contributed by atoms with Crippen molar-refractivity contribution in [1.29, 1.82) is 0 Å². The van der Waals surface area contributed by atoms with E-state index < -0.39 is 0 Å². The van der Waals surface area contributed by atoms with Gasteiger partial charge in [-0.2, -0.15) is 5.10 Å². The molecule has 14 heavy (non-hydrogen) atoms. The molecular weight excluding hydrogens is 174 g/mol. The minimum absolute atomic E-state index is 0.547. The second kappa shape index (κ2) is 3.18. The van der Waals surface area contributed by atoms with Crippen LogP contribution in [0, 0.1) is 13.8 Å². The number of nitrogen functional groups attached to an aromatic ring is 1. The molecule has 0 unspecified atom stereocenters. The third-order valence-electron chi connectivity index (χ3n) is 2.43. The second-order valence-electron chi connectivity index (χ2n) is 3.40. The molecule has 0 radical (unpaired) electrons. The Morgan fingerprint density at radius 1 is 1.21 bits per heavy atom. The average Bonchev–Trinajstić information content (AvgIpc) is 2.57. The van der Waals surface area contributed by atoms with E-state index in [1.807, 2.05) is 18.3 Å². The highest BCUT2D eigenvalue weighted by atomic mass is 15.3. The molecule has 3 heteroatoms. The van der Waals surface area contributed by atoms with Gasteiger partial charge in [0.25, 0.3) is 0 Å². The maximum atomic E-state index is 5.57. The molecule has 2 aromatic rings. The Balaban J connectivity index is 2.57. The zero-order chi connectivity index (χ0) is 10.1. The lowest BCUT2D eigenvalue weighted by Gasteiger charge is -2.07. The number of aryl methyl sites for hydroxylation is 1. The van der Waals surface area contributed by atoms with Crippen molar-refractivity contribution in [1.82, 2.24) is 9.78 Å². The van der Waals surface area contributed by atoms with Crippen LogP contribution in [-0.2, 0) is 0 Å². The molecule has 1 heterocycles. The van der Waals surface area contributed by atoms with Crippen LogP contribution in [0.4, 0.5) is 5.82 Å². The van der Waals surface area contributed by atoms with Crippen molar-refractivity contribution < 1.29 is 0 Å². The molecular formula is C11H13N3. The van der Waals surface area contributed by atoms with E-state index in [-0.39, 0.29) is 0 Å². The number of hydrogen-bond donors (Lipinski definition) is 1. The van der Waals surface area contributed by atoms with Crippen molar-refractivity contribution in [2.45, 2.75) is 13.8 Å². The summed E-state index contributed by atoms with van der Waals surface area (Å²) >= 11 is 0. The molecule has 0 saturated heterocycles. The maximum absolute atomic E-state index is 5.57. The van der Waals surface area contributed by atoms with Gasteiger partial charge in [0.2, 0.25) is 0 Å². The topological polar surface area (TPSA) is 43.8 Å². The van der Waals surface area contributed by atoms with E-state index in [9.17, 15) is 0 Å². The number of anilines is 1. The van der Waals surface area contributed by atoms with Gasteiger partial charge in [-0.05, 0) is 31.0 Å². The first-order chi connectivity index (χ1) is 6.68. The van der Waals surface area contributed by atoms with E-state index in [2.05, 4.69) is 25.0 Å². The van der Waals surface area contributed by atoms with Gasteiger partial charge in [0.15, 0.2) is 0 Å². The standard InChI is InChI=1S/C11H13N3/c1-8-4-3-5-10(9(8)2)14-7-6-11(12)13-14/h3-7H,1-2H3,(H2,12,13). The first-order valence-corrected chi connectivity index (χ1v) is 4.56. The molecule has 0 atom stereocenters. The molecule has 3 nitrogen and oxygen atoms in total. The Labute approximate surface area is 83.2 Å². The number of benzene rings is 1. The SMILES string of the molecule is Cc1cccc(-n2ccc(N)n2)c1C. The van der Waals surface area contributed by atoms with Crippen LogP contribution in [0.3, 0.4) is 0 Å². The molecule has 1 aromatic carbocycles. The van der Waals surface area contributed by atoms with Crippen LogP contribution in [0.1, 0.15) is 11.1 Å². The number of nitrogens with zero attached hydrogens (tertiary/aromatic N) is 2. The molecule has 0 bridgehead atoms. The molecule has 0 aliphatic rings. The Hall–Kier alpha value is -1.77. The van der Waals surface area contributed by atoms with Crippen LogP contribution in [0.15, 0.2) is 30.5 Å². The summed E-state index contributed by atoms with van der Waals surface area (Å²) in [6, 6.07) is 7.94. The third-order valence-corrected chi connectivity index (χ3v) is 2.43. The summed E-state index contributed by atoms with van der Waals surface area (Å²) in [6.07, 6.45) is 1.87. The summed E-state index contributed by atoms with van der Waals surface area (Å²) < 4.78 is 1.80. The van der Waals surface area contributed by atoms with Crippen molar-refractivity contribution in [3.63, 3.8) is 0 Å². The van der Waals surface area contributed by atoms with Crippen molar-refractivity contribution in [3.05, 3.63) is 41.6 Å². The molecule has 0 aliphatic carbocycles. The maximum Gasteiger partial charge on any atom is 0.145 e. The monoisotopic (exact) mass is 187 g/mol. The zero-order valence-corrected chi connectivity index (χ0v) is 8.36. The van der Waals surface area contributed by atoms with Crippen LogP contribution in [0.2, 0.25) is 0 Å². The van der Waals surface area contributed by atoms with Crippen LogP contribution in [-0.4, -0.2) is 9.78 Å². The summed E-state index contributed by atoms with van der Waals surface area (Å²) in [5, 5.41) is 4.18. The fraction of sp³-hybridized carbons (Fsp3) is 0.182. The van der Waals surface area contributed by atoms with Crippen LogP contribution in [0.25, 0.3) is 5.69 Å². The molecule has 0 aliphatic heterocycles. The molecule has 0 saturated carbocycles. The van der Waals surface area contributed by atoms with Gasteiger partial charge in [-0.1, -0.05) is 12.1 Å². The van der Waals surface area contributed by atoms with Gasteiger partial charge in [-0.15, -0.1) is 0 Å². The van der Waals surface area contributed by atoms with Crippen LogP contribution in [0.5, 0.6) is 0 Å². The van der Waals surface area contributed by atoms with Crippen molar-refractivity contribution in [2.24, 2.45) is 0 Å². The van der Waals surface area contributed by atoms with E-state index >= 15 is 0 Å². The van der Waals surface area contributed by atoms with Gasteiger partial charge in [0, 0.05) is 12.3 Å². The van der Waals surface area contributed by atoms with E-state index in [0.29, 0.717) is 5.82 Å². The van der Waals surface area contributed by atoms with Gasteiger partial charge < -0.3 is 5.73 Å². The lowest BCUT2D eigenvalue weighted by Crippen LogP contribution is -1.99. The summed E-state index contributed by atoms with van der Waals surface area (Å²) in [7, 11) is 0. The van der Waals surface area contributed by atoms with Gasteiger partial charge in [0.05, 0.1) is 5.69 Å². The fourth-order valence-electron chi connectivity index (χ4n) is 1.46. The van der Waals surface area contributed by atoms with Crippen molar-refractivity contribution in [2.75, 3.05) is 5.73 Å². The Bertz CT molecular complexity index is 457. The highest BCUT2D eigenvalue weighted by molar-refractivity contribution is 5.45. The smallest absolute Gasteiger partial charge is 0.145 e. The minimum Gasteiger partial charge on any atom is -0.382 e.